The van der Waals surface area contributed by atoms with Crippen molar-refractivity contribution in [2.75, 3.05) is 0 Å². The van der Waals surface area contributed by atoms with E-state index in [0.29, 0.717) is 0 Å². The van der Waals surface area contributed by atoms with Crippen molar-refractivity contribution in [3.05, 3.63) is 52.7 Å². The quantitative estimate of drug-likeness (QED) is 0.695. The highest BCUT2D eigenvalue weighted by Gasteiger charge is 2.10. The van der Waals surface area contributed by atoms with Crippen LogP contribution in [-0.4, -0.2) is 4.98 Å². The molecule has 0 aliphatic heterocycles. The van der Waals surface area contributed by atoms with Crippen LogP contribution in [0, 0.1) is 27.7 Å². The first-order valence-electron chi connectivity index (χ1n) is 5.60. The zero-order chi connectivity index (χ0) is 11.7. The Bertz CT molecular complexity index is 486. The third kappa shape index (κ3) is 1.73. The van der Waals surface area contributed by atoms with E-state index in [1.54, 1.807) is 0 Å². The smallest absolute Gasteiger partial charge is 0.0707 e. The minimum absolute atomic E-state index is 1.07. The van der Waals surface area contributed by atoms with Crippen LogP contribution in [0.1, 0.15) is 22.3 Å². The van der Waals surface area contributed by atoms with Gasteiger partial charge in [-0.2, -0.15) is 0 Å². The third-order valence-electron chi connectivity index (χ3n) is 3.29. The Labute approximate surface area is 97.2 Å². The van der Waals surface area contributed by atoms with E-state index < -0.39 is 0 Å². The first-order chi connectivity index (χ1) is 7.61. The van der Waals surface area contributed by atoms with Gasteiger partial charge in [-0.1, -0.05) is 12.1 Å². The van der Waals surface area contributed by atoms with Gasteiger partial charge in [0.2, 0.25) is 0 Å². The zero-order valence-electron chi connectivity index (χ0n) is 10.3. The molecule has 1 nitrogen and oxygen atoms in total. The minimum atomic E-state index is 1.07. The second-order valence-electron chi connectivity index (χ2n) is 4.35. The summed E-state index contributed by atoms with van der Waals surface area (Å²) in [6.45, 7) is 8.67. The van der Waals surface area contributed by atoms with Crippen molar-refractivity contribution in [2.45, 2.75) is 27.7 Å². The molecule has 1 aromatic carbocycles. The van der Waals surface area contributed by atoms with Crippen molar-refractivity contribution in [1.29, 1.82) is 0 Å². The monoisotopic (exact) mass is 211 g/mol. The molecule has 16 heavy (non-hydrogen) atoms. The van der Waals surface area contributed by atoms with Crippen LogP contribution >= 0.6 is 0 Å². The second kappa shape index (κ2) is 4.09. The van der Waals surface area contributed by atoms with Gasteiger partial charge in [-0.25, -0.2) is 0 Å². The molecule has 0 aliphatic rings. The summed E-state index contributed by atoms with van der Waals surface area (Å²) in [5.74, 6) is 0. The molecule has 1 heterocycles. The highest BCUT2D eigenvalue weighted by molar-refractivity contribution is 5.70. The fraction of sp³-hybridized carbons (Fsp3) is 0.267. The summed E-state index contributed by atoms with van der Waals surface area (Å²) in [5.41, 5.74) is 7.71. The fourth-order valence-electron chi connectivity index (χ4n) is 2.11. The summed E-state index contributed by atoms with van der Waals surface area (Å²) in [6, 6.07) is 8.32. The van der Waals surface area contributed by atoms with Gasteiger partial charge in [-0.15, -0.1) is 0 Å². The van der Waals surface area contributed by atoms with Gasteiger partial charge in [-0.3, -0.25) is 4.98 Å². The maximum absolute atomic E-state index is 4.45. The van der Waals surface area contributed by atoms with E-state index in [1.807, 2.05) is 18.3 Å². The van der Waals surface area contributed by atoms with Crippen molar-refractivity contribution in [2.24, 2.45) is 0 Å². The predicted molar refractivity (Wildman–Crippen MR) is 68.6 cm³/mol. The summed E-state index contributed by atoms with van der Waals surface area (Å²) in [4.78, 5) is 4.45. The van der Waals surface area contributed by atoms with E-state index in [1.165, 1.54) is 27.8 Å². The van der Waals surface area contributed by atoms with Crippen molar-refractivity contribution in [3.63, 3.8) is 0 Å². The highest BCUT2D eigenvalue weighted by atomic mass is 14.7. The summed E-state index contributed by atoms with van der Waals surface area (Å²) in [5, 5.41) is 0. The summed E-state index contributed by atoms with van der Waals surface area (Å²) in [7, 11) is 0. The first kappa shape index (κ1) is 10.9. The molecule has 82 valence electrons. The Morgan fingerprint density at radius 3 is 2.00 bits per heavy atom. The molecule has 0 unspecified atom stereocenters. The second-order valence-corrected chi connectivity index (χ2v) is 4.35. The molecular weight excluding hydrogens is 194 g/mol. The minimum Gasteiger partial charge on any atom is -0.256 e. The van der Waals surface area contributed by atoms with Gasteiger partial charge in [-0.05, 0) is 62.1 Å². The Balaban J connectivity index is 2.74. The van der Waals surface area contributed by atoms with Gasteiger partial charge in [0, 0.05) is 11.8 Å². The lowest BCUT2D eigenvalue weighted by Crippen LogP contribution is -1.96. The molecule has 0 radical (unpaired) electrons. The van der Waals surface area contributed by atoms with Gasteiger partial charge in [0.1, 0.15) is 0 Å². The van der Waals surface area contributed by atoms with Gasteiger partial charge >= 0.3 is 0 Å². The SMILES string of the molecule is Cc1cc(C)c(C)c(-c2ccccn2)c1C. The van der Waals surface area contributed by atoms with Gasteiger partial charge in [0.15, 0.2) is 0 Å². The number of nitrogens with zero attached hydrogens (tertiary/aromatic N) is 1. The van der Waals surface area contributed by atoms with Gasteiger partial charge in [0.25, 0.3) is 0 Å². The Hall–Kier alpha value is -1.63. The van der Waals surface area contributed by atoms with Crippen LogP contribution in [0.4, 0.5) is 0 Å². The molecule has 0 saturated heterocycles. The molecule has 1 heteroatoms. The number of aryl methyl sites for hydroxylation is 2. The summed E-state index contributed by atoms with van der Waals surface area (Å²) in [6.07, 6.45) is 1.85. The van der Waals surface area contributed by atoms with Crippen LogP contribution in [0.5, 0.6) is 0 Å². The fourth-order valence-corrected chi connectivity index (χ4v) is 2.11. The number of hydrogen-bond acceptors (Lipinski definition) is 1. The van der Waals surface area contributed by atoms with Crippen LogP contribution in [0.2, 0.25) is 0 Å². The largest absolute Gasteiger partial charge is 0.256 e. The van der Waals surface area contributed by atoms with Crippen molar-refractivity contribution in [1.82, 2.24) is 4.98 Å². The van der Waals surface area contributed by atoms with Crippen LogP contribution in [-0.2, 0) is 0 Å². The molecule has 0 bridgehead atoms. The molecule has 0 fully saturated rings. The summed E-state index contributed by atoms with van der Waals surface area (Å²) < 4.78 is 0. The molecule has 2 rings (SSSR count). The van der Waals surface area contributed by atoms with E-state index in [0.717, 1.165) is 5.69 Å². The van der Waals surface area contributed by atoms with Crippen LogP contribution < -0.4 is 0 Å². The Kier molecular flexibility index (Phi) is 2.78. The lowest BCUT2D eigenvalue weighted by molar-refractivity contribution is 1.21. The molecule has 0 aliphatic carbocycles. The first-order valence-corrected chi connectivity index (χ1v) is 5.60. The van der Waals surface area contributed by atoms with Crippen LogP contribution in [0.25, 0.3) is 11.3 Å². The Morgan fingerprint density at radius 1 is 0.875 bits per heavy atom. The zero-order valence-corrected chi connectivity index (χ0v) is 10.3. The van der Waals surface area contributed by atoms with Crippen molar-refractivity contribution >= 4 is 0 Å². The number of aromatic nitrogens is 1. The molecule has 2 aromatic rings. The number of hydrogen-bond donors (Lipinski definition) is 0. The average Bonchev–Trinajstić information content (AvgIpc) is 2.28. The Morgan fingerprint density at radius 2 is 1.50 bits per heavy atom. The molecule has 0 saturated carbocycles. The number of rotatable bonds is 1. The lowest BCUT2D eigenvalue weighted by atomic mass is 9.92. The van der Waals surface area contributed by atoms with Gasteiger partial charge in [0.05, 0.1) is 5.69 Å². The van der Waals surface area contributed by atoms with Crippen LogP contribution in [0.15, 0.2) is 30.5 Å². The van der Waals surface area contributed by atoms with Gasteiger partial charge < -0.3 is 0 Å². The van der Waals surface area contributed by atoms with E-state index in [9.17, 15) is 0 Å². The maximum atomic E-state index is 4.45. The molecule has 0 N–H and O–H groups in total. The highest BCUT2D eigenvalue weighted by Crippen LogP contribution is 2.29. The van der Waals surface area contributed by atoms with E-state index in [2.05, 4.69) is 44.8 Å². The van der Waals surface area contributed by atoms with Crippen LogP contribution in [0.3, 0.4) is 0 Å². The number of pyridine rings is 1. The van der Waals surface area contributed by atoms with E-state index in [4.69, 9.17) is 0 Å². The summed E-state index contributed by atoms with van der Waals surface area (Å²) >= 11 is 0. The maximum Gasteiger partial charge on any atom is 0.0707 e. The topological polar surface area (TPSA) is 12.9 Å². The van der Waals surface area contributed by atoms with Crippen molar-refractivity contribution in [3.8, 4) is 11.3 Å². The normalized spacial score (nSPS) is 10.5. The molecule has 1 aromatic heterocycles. The molecular formula is C15H17N. The number of benzene rings is 1. The van der Waals surface area contributed by atoms with Crippen molar-refractivity contribution < 1.29 is 0 Å². The average molecular weight is 211 g/mol. The lowest BCUT2D eigenvalue weighted by Gasteiger charge is -2.14. The standard InChI is InChI=1S/C15H17N/c1-10-9-11(2)13(4)15(12(10)3)14-7-5-6-8-16-14/h5-9H,1-4H3. The molecule has 0 amide bonds. The predicted octanol–water partition coefficient (Wildman–Crippen LogP) is 3.98. The molecule has 0 atom stereocenters. The van der Waals surface area contributed by atoms with E-state index in [-0.39, 0.29) is 0 Å². The molecule has 0 spiro atoms. The van der Waals surface area contributed by atoms with E-state index >= 15 is 0 Å². The third-order valence-corrected chi connectivity index (χ3v) is 3.29.